The van der Waals surface area contributed by atoms with Crippen molar-refractivity contribution in [2.24, 2.45) is 0 Å². The molecule has 1 aliphatic carbocycles. The van der Waals surface area contributed by atoms with E-state index in [9.17, 15) is 5.11 Å². The van der Waals surface area contributed by atoms with Gasteiger partial charge in [0.15, 0.2) is 10.8 Å². The first kappa shape index (κ1) is 11.0. The van der Waals surface area contributed by atoms with Gasteiger partial charge in [0.1, 0.15) is 5.52 Å². The molecule has 0 saturated heterocycles. The summed E-state index contributed by atoms with van der Waals surface area (Å²) in [5, 5.41) is 9.80. The standard InChI is InChI=1S/C10H8Cl2N4O/c11-8-7-9(15-10(12)14-8)16(4-13-7)5-1-2-6(17)3-5/h1-2,4-6,17H,3H2/t5-,6+/m1/s1. The Hall–Kier alpha value is -1.17. The Balaban J connectivity index is 2.15. The Morgan fingerprint density at radius 2 is 2.12 bits per heavy atom. The lowest BCUT2D eigenvalue weighted by atomic mass is 10.2. The molecular weight excluding hydrogens is 263 g/mol. The van der Waals surface area contributed by atoms with Gasteiger partial charge in [-0.1, -0.05) is 23.8 Å². The van der Waals surface area contributed by atoms with Crippen LogP contribution in [0.4, 0.5) is 0 Å². The zero-order valence-corrected chi connectivity index (χ0v) is 10.1. The van der Waals surface area contributed by atoms with Gasteiger partial charge in [-0.25, -0.2) is 9.97 Å². The highest BCUT2D eigenvalue weighted by molar-refractivity contribution is 6.35. The number of hydrogen-bond donors (Lipinski definition) is 1. The Morgan fingerprint density at radius 3 is 2.82 bits per heavy atom. The molecule has 0 amide bonds. The number of allylic oxidation sites excluding steroid dienone is 1. The molecule has 2 aromatic rings. The molecule has 2 aromatic heterocycles. The lowest BCUT2D eigenvalue weighted by Crippen LogP contribution is -2.08. The van der Waals surface area contributed by atoms with Crippen LogP contribution in [-0.4, -0.2) is 30.7 Å². The fourth-order valence-corrected chi connectivity index (χ4v) is 2.39. The van der Waals surface area contributed by atoms with Crippen molar-refractivity contribution in [2.45, 2.75) is 18.6 Å². The van der Waals surface area contributed by atoms with Crippen molar-refractivity contribution < 1.29 is 5.11 Å². The SMILES string of the molecule is O[C@H]1C=C[C@@H](n2cnc3c(Cl)nc(Cl)nc32)C1. The highest BCUT2D eigenvalue weighted by Crippen LogP contribution is 2.28. The van der Waals surface area contributed by atoms with Crippen LogP contribution >= 0.6 is 23.2 Å². The average Bonchev–Trinajstić information content (AvgIpc) is 2.83. The third kappa shape index (κ3) is 1.80. The van der Waals surface area contributed by atoms with E-state index in [4.69, 9.17) is 23.2 Å². The third-order valence-electron chi connectivity index (χ3n) is 2.75. The van der Waals surface area contributed by atoms with Gasteiger partial charge in [-0.3, -0.25) is 0 Å². The van der Waals surface area contributed by atoms with Gasteiger partial charge in [-0.05, 0) is 11.6 Å². The van der Waals surface area contributed by atoms with Crippen molar-refractivity contribution in [3.05, 3.63) is 28.9 Å². The van der Waals surface area contributed by atoms with E-state index in [2.05, 4.69) is 15.0 Å². The fourth-order valence-electron chi connectivity index (χ4n) is 1.97. The summed E-state index contributed by atoms with van der Waals surface area (Å²) in [5.41, 5.74) is 1.10. The van der Waals surface area contributed by atoms with Gasteiger partial charge >= 0.3 is 0 Å². The molecule has 5 nitrogen and oxygen atoms in total. The fraction of sp³-hybridized carbons (Fsp3) is 0.300. The van der Waals surface area contributed by atoms with Crippen molar-refractivity contribution >= 4 is 34.4 Å². The smallest absolute Gasteiger partial charge is 0.225 e. The number of imidazole rings is 1. The number of rotatable bonds is 1. The summed E-state index contributed by atoms with van der Waals surface area (Å²) in [7, 11) is 0. The predicted molar refractivity (Wildman–Crippen MR) is 64.1 cm³/mol. The molecule has 7 heteroatoms. The van der Waals surface area contributed by atoms with Crippen LogP contribution in [0.25, 0.3) is 11.2 Å². The van der Waals surface area contributed by atoms with E-state index in [1.54, 1.807) is 12.4 Å². The normalized spacial score (nSPS) is 23.7. The van der Waals surface area contributed by atoms with Crippen LogP contribution in [-0.2, 0) is 0 Å². The summed E-state index contributed by atoms with van der Waals surface area (Å²) in [6, 6.07) is 0.0250. The van der Waals surface area contributed by atoms with Gasteiger partial charge in [-0.2, -0.15) is 4.98 Å². The minimum absolute atomic E-state index is 0.0250. The highest BCUT2D eigenvalue weighted by Gasteiger charge is 2.21. The molecular formula is C10H8Cl2N4O. The van der Waals surface area contributed by atoms with Crippen molar-refractivity contribution in [2.75, 3.05) is 0 Å². The minimum atomic E-state index is -0.426. The Labute approximate surface area is 107 Å². The molecule has 0 aromatic carbocycles. The van der Waals surface area contributed by atoms with Crippen LogP contribution in [0, 0.1) is 0 Å². The topological polar surface area (TPSA) is 63.8 Å². The molecule has 17 heavy (non-hydrogen) atoms. The molecule has 1 N–H and O–H groups in total. The summed E-state index contributed by atoms with van der Waals surface area (Å²) >= 11 is 11.7. The predicted octanol–water partition coefficient (Wildman–Crippen LogP) is 1.99. The molecule has 2 atom stereocenters. The molecule has 0 bridgehead atoms. The quantitative estimate of drug-likeness (QED) is 0.489. The number of aliphatic hydroxyl groups is 1. The third-order valence-corrected chi connectivity index (χ3v) is 3.18. The van der Waals surface area contributed by atoms with E-state index < -0.39 is 6.10 Å². The van der Waals surface area contributed by atoms with E-state index in [0.717, 1.165) is 0 Å². The Morgan fingerprint density at radius 1 is 1.29 bits per heavy atom. The summed E-state index contributed by atoms with van der Waals surface area (Å²) in [6.07, 6.45) is 5.47. The van der Waals surface area contributed by atoms with Crippen LogP contribution in [0.15, 0.2) is 18.5 Å². The molecule has 3 rings (SSSR count). The second-order valence-corrected chi connectivity index (χ2v) is 4.56. The van der Waals surface area contributed by atoms with E-state index in [-0.39, 0.29) is 16.5 Å². The average molecular weight is 271 g/mol. The van der Waals surface area contributed by atoms with Crippen LogP contribution in [0.2, 0.25) is 10.4 Å². The molecule has 1 aliphatic rings. The number of hydrogen-bond acceptors (Lipinski definition) is 4. The molecule has 88 valence electrons. The van der Waals surface area contributed by atoms with Crippen LogP contribution < -0.4 is 0 Å². The molecule has 0 unspecified atom stereocenters. The molecule has 0 saturated carbocycles. The number of fused-ring (bicyclic) bond motifs is 1. The number of aromatic nitrogens is 4. The summed E-state index contributed by atoms with van der Waals surface area (Å²) in [5.74, 6) is 0. The van der Waals surface area contributed by atoms with Gasteiger partial charge in [0.2, 0.25) is 5.28 Å². The highest BCUT2D eigenvalue weighted by atomic mass is 35.5. The second-order valence-electron chi connectivity index (χ2n) is 3.86. The molecule has 0 fully saturated rings. The zero-order valence-electron chi connectivity index (χ0n) is 8.59. The molecule has 0 radical (unpaired) electrons. The number of halogens is 2. The zero-order chi connectivity index (χ0) is 12.0. The van der Waals surface area contributed by atoms with Crippen LogP contribution in [0.3, 0.4) is 0 Å². The monoisotopic (exact) mass is 270 g/mol. The maximum Gasteiger partial charge on any atom is 0.225 e. The van der Waals surface area contributed by atoms with Crippen molar-refractivity contribution in [3.8, 4) is 0 Å². The second kappa shape index (κ2) is 3.94. The first-order valence-electron chi connectivity index (χ1n) is 5.07. The summed E-state index contributed by atoms with van der Waals surface area (Å²) in [4.78, 5) is 12.1. The van der Waals surface area contributed by atoms with Gasteiger partial charge in [0.05, 0.1) is 18.5 Å². The lowest BCUT2D eigenvalue weighted by Gasteiger charge is -2.11. The number of aliphatic hydroxyl groups excluding tert-OH is 1. The van der Waals surface area contributed by atoms with E-state index >= 15 is 0 Å². The first-order valence-corrected chi connectivity index (χ1v) is 5.82. The van der Waals surface area contributed by atoms with Crippen molar-refractivity contribution in [1.29, 1.82) is 0 Å². The Bertz CT molecular complexity index is 610. The maximum absolute atomic E-state index is 9.47. The van der Waals surface area contributed by atoms with E-state index in [1.807, 2.05) is 10.6 Å². The number of nitrogens with zero attached hydrogens (tertiary/aromatic N) is 4. The summed E-state index contributed by atoms with van der Waals surface area (Å²) < 4.78 is 1.83. The van der Waals surface area contributed by atoms with Gasteiger partial charge < -0.3 is 9.67 Å². The lowest BCUT2D eigenvalue weighted by molar-refractivity contribution is 0.211. The largest absolute Gasteiger partial charge is 0.389 e. The molecule has 0 spiro atoms. The molecule has 2 heterocycles. The summed E-state index contributed by atoms with van der Waals surface area (Å²) in [6.45, 7) is 0. The van der Waals surface area contributed by atoms with Crippen LogP contribution in [0.5, 0.6) is 0 Å². The maximum atomic E-state index is 9.47. The van der Waals surface area contributed by atoms with Gasteiger partial charge in [-0.15, -0.1) is 0 Å². The van der Waals surface area contributed by atoms with E-state index in [1.165, 1.54) is 0 Å². The Kier molecular flexibility index (Phi) is 2.54. The minimum Gasteiger partial charge on any atom is -0.389 e. The van der Waals surface area contributed by atoms with Crippen molar-refractivity contribution in [3.63, 3.8) is 0 Å². The molecule has 0 aliphatic heterocycles. The first-order chi connectivity index (χ1) is 8.15. The van der Waals surface area contributed by atoms with Gasteiger partial charge in [0.25, 0.3) is 0 Å². The van der Waals surface area contributed by atoms with E-state index in [0.29, 0.717) is 17.6 Å². The van der Waals surface area contributed by atoms with Gasteiger partial charge in [0, 0.05) is 6.42 Å². The van der Waals surface area contributed by atoms with Crippen LogP contribution in [0.1, 0.15) is 12.5 Å². The van der Waals surface area contributed by atoms with Crippen molar-refractivity contribution in [1.82, 2.24) is 19.5 Å².